The van der Waals surface area contributed by atoms with Crippen LogP contribution >= 0.6 is 11.3 Å². The molecule has 0 atom stereocenters. The Hall–Kier alpha value is -3.74. The van der Waals surface area contributed by atoms with E-state index in [4.69, 9.17) is 15.0 Å². The van der Waals surface area contributed by atoms with Crippen molar-refractivity contribution in [2.75, 3.05) is 72.9 Å². The fourth-order valence-corrected chi connectivity index (χ4v) is 6.65. The SMILES string of the molecule is CC(C)N1CCN(c2nc3c(N4CCOCC4)cc(-c4ccc(NC(=O)Nc5ccc(COO)cc5)cc4)cc3s2)CC1. The number of urea groups is 1. The zero-order chi connectivity index (χ0) is 29.8. The molecule has 1 aromatic heterocycles. The molecular weight excluding hydrogens is 564 g/mol. The lowest BCUT2D eigenvalue weighted by Crippen LogP contribution is -2.48. The first-order chi connectivity index (χ1) is 21.0. The van der Waals surface area contributed by atoms with E-state index < -0.39 is 0 Å². The zero-order valence-electron chi connectivity index (χ0n) is 24.6. The van der Waals surface area contributed by atoms with Crippen molar-refractivity contribution < 1.29 is 19.7 Å². The van der Waals surface area contributed by atoms with Crippen molar-refractivity contribution in [1.29, 1.82) is 0 Å². The largest absolute Gasteiger partial charge is 0.378 e. The number of aromatic nitrogens is 1. The van der Waals surface area contributed by atoms with Crippen LogP contribution in [0.1, 0.15) is 19.4 Å². The molecular formula is C32H38N6O4S. The normalized spacial score (nSPS) is 16.2. The third-order valence-corrected chi connectivity index (χ3v) is 9.11. The van der Waals surface area contributed by atoms with Gasteiger partial charge < -0.3 is 25.2 Å². The fraction of sp³-hybridized carbons (Fsp3) is 0.375. The van der Waals surface area contributed by atoms with Crippen LogP contribution in [-0.2, 0) is 16.2 Å². The number of rotatable bonds is 8. The van der Waals surface area contributed by atoms with Crippen LogP contribution in [-0.4, -0.2) is 79.7 Å². The van der Waals surface area contributed by atoms with Gasteiger partial charge in [-0.15, -0.1) is 0 Å². The van der Waals surface area contributed by atoms with E-state index in [0.29, 0.717) is 30.6 Å². The van der Waals surface area contributed by atoms with Crippen LogP contribution < -0.4 is 20.4 Å². The summed E-state index contributed by atoms with van der Waals surface area (Å²) in [6, 6.07) is 19.7. The van der Waals surface area contributed by atoms with Gasteiger partial charge in [-0.25, -0.2) is 14.7 Å². The molecule has 2 fully saturated rings. The summed E-state index contributed by atoms with van der Waals surface area (Å²) in [7, 11) is 0. The molecule has 0 unspecified atom stereocenters. The van der Waals surface area contributed by atoms with Crippen molar-refractivity contribution in [2.45, 2.75) is 26.5 Å². The van der Waals surface area contributed by atoms with Crippen LogP contribution in [0.3, 0.4) is 0 Å². The topological polar surface area (TPSA) is 102 Å². The quantitative estimate of drug-likeness (QED) is 0.168. The lowest BCUT2D eigenvalue weighted by molar-refractivity contribution is -0.253. The molecule has 11 heteroatoms. The van der Waals surface area contributed by atoms with E-state index in [1.807, 2.05) is 24.3 Å². The highest BCUT2D eigenvalue weighted by molar-refractivity contribution is 7.22. The highest BCUT2D eigenvalue weighted by Gasteiger charge is 2.24. The highest BCUT2D eigenvalue weighted by atomic mass is 32.1. The van der Waals surface area contributed by atoms with Gasteiger partial charge in [0.15, 0.2) is 5.13 Å². The van der Waals surface area contributed by atoms with Crippen LogP contribution in [0, 0.1) is 0 Å². The summed E-state index contributed by atoms with van der Waals surface area (Å²) in [5, 5.41) is 15.4. The molecule has 0 spiro atoms. The summed E-state index contributed by atoms with van der Waals surface area (Å²) in [5.41, 5.74) is 6.55. The monoisotopic (exact) mass is 602 g/mol. The maximum atomic E-state index is 12.6. The van der Waals surface area contributed by atoms with Crippen molar-refractivity contribution in [1.82, 2.24) is 9.88 Å². The number of hydrogen-bond acceptors (Lipinski definition) is 9. The summed E-state index contributed by atoms with van der Waals surface area (Å²) < 4.78 is 6.83. The van der Waals surface area contributed by atoms with Crippen molar-refractivity contribution in [3.8, 4) is 11.1 Å². The van der Waals surface area contributed by atoms with E-state index in [0.717, 1.165) is 72.3 Å². The Kier molecular flexibility index (Phi) is 9.06. The number of nitrogens with one attached hydrogen (secondary N) is 2. The Morgan fingerprint density at radius 2 is 1.56 bits per heavy atom. The molecule has 2 aliphatic rings. The summed E-state index contributed by atoms with van der Waals surface area (Å²) in [5.74, 6) is 0. The van der Waals surface area contributed by atoms with Gasteiger partial charge in [0, 0.05) is 56.7 Å². The molecule has 0 radical (unpaired) electrons. The third-order valence-electron chi connectivity index (χ3n) is 8.05. The predicted molar refractivity (Wildman–Crippen MR) is 174 cm³/mol. The minimum Gasteiger partial charge on any atom is -0.378 e. The summed E-state index contributed by atoms with van der Waals surface area (Å²) >= 11 is 1.77. The lowest BCUT2D eigenvalue weighted by Gasteiger charge is -2.36. The zero-order valence-corrected chi connectivity index (χ0v) is 25.4. The number of benzene rings is 3. The minimum absolute atomic E-state index is 0.0968. The number of fused-ring (bicyclic) bond motifs is 1. The number of ether oxygens (including phenoxy) is 1. The van der Waals surface area contributed by atoms with Gasteiger partial charge in [-0.2, -0.15) is 0 Å². The number of hydrogen-bond donors (Lipinski definition) is 3. The maximum Gasteiger partial charge on any atom is 0.323 e. The van der Waals surface area contributed by atoms with Crippen LogP contribution in [0.4, 0.5) is 27.0 Å². The van der Waals surface area contributed by atoms with Gasteiger partial charge in [0.25, 0.3) is 0 Å². The molecule has 3 aromatic carbocycles. The number of nitrogens with zero attached hydrogens (tertiary/aromatic N) is 4. The molecule has 2 saturated heterocycles. The Morgan fingerprint density at radius 1 is 0.907 bits per heavy atom. The Balaban J connectivity index is 1.20. The van der Waals surface area contributed by atoms with E-state index in [1.54, 1.807) is 35.6 Å². The Bertz CT molecular complexity index is 1530. The highest BCUT2D eigenvalue weighted by Crippen LogP contribution is 2.39. The van der Waals surface area contributed by atoms with Crippen molar-refractivity contribution in [2.24, 2.45) is 0 Å². The van der Waals surface area contributed by atoms with Crippen LogP contribution in [0.2, 0.25) is 0 Å². The molecule has 10 nitrogen and oxygen atoms in total. The smallest absolute Gasteiger partial charge is 0.323 e. The molecule has 43 heavy (non-hydrogen) atoms. The Labute approximate surface area is 255 Å². The maximum absolute atomic E-state index is 12.6. The first kappa shape index (κ1) is 29.3. The average molecular weight is 603 g/mol. The first-order valence-corrected chi connectivity index (χ1v) is 15.6. The van der Waals surface area contributed by atoms with Gasteiger partial charge >= 0.3 is 6.03 Å². The van der Waals surface area contributed by atoms with Crippen LogP contribution in [0.5, 0.6) is 0 Å². The van der Waals surface area contributed by atoms with Gasteiger partial charge in [-0.05, 0) is 66.9 Å². The molecule has 2 amide bonds. The summed E-state index contributed by atoms with van der Waals surface area (Å²) in [6.45, 7) is 11.8. The molecule has 6 rings (SSSR count). The van der Waals surface area contributed by atoms with Gasteiger partial charge in [0.2, 0.25) is 0 Å². The number of anilines is 4. The van der Waals surface area contributed by atoms with E-state index in [1.165, 1.54) is 4.70 Å². The fourth-order valence-electron chi connectivity index (χ4n) is 5.58. The standard InChI is InChI=1S/C32H38N6O4S/c1-22(2)36-11-13-38(14-12-36)32-35-30-28(37-15-17-41-18-16-37)19-25(20-29(30)43-32)24-5-9-27(10-6-24)34-31(39)33-26-7-3-23(4-8-26)21-42-40/h3-10,19-20,22,40H,11-18,21H2,1-2H3,(H2,33,34,39). The number of carbonyl (C=O) groups excluding carboxylic acids is 1. The van der Waals surface area contributed by atoms with Gasteiger partial charge in [0.05, 0.1) is 23.6 Å². The second-order valence-corrected chi connectivity index (χ2v) is 12.2. The summed E-state index contributed by atoms with van der Waals surface area (Å²) in [6.07, 6.45) is 0. The molecule has 4 aromatic rings. The van der Waals surface area contributed by atoms with E-state index in [9.17, 15) is 4.79 Å². The minimum atomic E-state index is -0.332. The molecule has 3 N–H and O–H groups in total. The van der Waals surface area contributed by atoms with Crippen molar-refractivity contribution in [3.63, 3.8) is 0 Å². The van der Waals surface area contributed by atoms with E-state index >= 15 is 0 Å². The first-order valence-electron chi connectivity index (χ1n) is 14.8. The molecule has 0 saturated carbocycles. The van der Waals surface area contributed by atoms with E-state index in [-0.39, 0.29) is 12.6 Å². The van der Waals surface area contributed by atoms with Crippen LogP contribution in [0.15, 0.2) is 60.7 Å². The molecule has 2 aliphatic heterocycles. The average Bonchev–Trinajstić information content (AvgIpc) is 3.47. The predicted octanol–water partition coefficient (Wildman–Crippen LogP) is 5.96. The van der Waals surface area contributed by atoms with Crippen molar-refractivity contribution >= 4 is 49.8 Å². The number of morpholine rings is 1. The number of thiazole rings is 1. The van der Waals surface area contributed by atoms with Crippen LogP contribution in [0.25, 0.3) is 21.3 Å². The number of amides is 2. The van der Waals surface area contributed by atoms with Gasteiger partial charge in [0.1, 0.15) is 12.1 Å². The van der Waals surface area contributed by atoms with Gasteiger partial charge in [-0.1, -0.05) is 35.6 Å². The number of piperazine rings is 1. The molecule has 0 bridgehead atoms. The summed E-state index contributed by atoms with van der Waals surface area (Å²) in [4.78, 5) is 29.3. The van der Waals surface area contributed by atoms with E-state index in [2.05, 4.69) is 56.2 Å². The second kappa shape index (κ2) is 13.3. The van der Waals surface area contributed by atoms with Gasteiger partial charge in [-0.3, -0.25) is 10.2 Å². The molecule has 226 valence electrons. The van der Waals surface area contributed by atoms with Crippen molar-refractivity contribution in [3.05, 3.63) is 66.2 Å². The third kappa shape index (κ3) is 6.92. The molecule has 0 aliphatic carbocycles. The lowest BCUT2D eigenvalue weighted by atomic mass is 10.0. The number of carbonyl (C=O) groups is 1. The second-order valence-electron chi connectivity index (χ2n) is 11.2. The molecule has 3 heterocycles. The Morgan fingerprint density at radius 3 is 2.19 bits per heavy atom.